The van der Waals surface area contributed by atoms with Crippen molar-refractivity contribution in [3.05, 3.63) is 52.8 Å². The number of rotatable bonds is 7. The molecule has 0 atom stereocenters. The minimum absolute atomic E-state index is 0.152. The fourth-order valence-electron chi connectivity index (χ4n) is 4.06. The smallest absolute Gasteiger partial charge is 0.279 e. The van der Waals surface area contributed by atoms with E-state index >= 15 is 0 Å². The number of fused-ring (bicyclic) bond motifs is 1. The Morgan fingerprint density at radius 1 is 1.06 bits per heavy atom. The van der Waals surface area contributed by atoms with E-state index in [2.05, 4.69) is 11.9 Å². The van der Waals surface area contributed by atoms with Gasteiger partial charge in [0.1, 0.15) is 0 Å². The summed E-state index contributed by atoms with van der Waals surface area (Å²) < 4.78 is 59.1. The van der Waals surface area contributed by atoms with Crippen molar-refractivity contribution in [3.8, 4) is 0 Å². The summed E-state index contributed by atoms with van der Waals surface area (Å²) >= 11 is 1.21. The number of amides is 1. The van der Waals surface area contributed by atoms with Crippen LogP contribution in [0.5, 0.6) is 0 Å². The number of hydrogen-bond donors (Lipinski definition) is 0. The highest BCUT2D eigenvalue weighted by Crippen LogP contribution is 2.24. The van der Waals surface area contributed by atoms with E-state index in [-0.39, 0.29) is 15.4 Å². The first-order valence-corrected chi connectivity index (χ1v) is 15.7. The van der Waals surface area contributed by atoms with Crippen LogP contribution in [-0.4, -0.2) is 64.7 Å². The summed E-state index contributed by atoms with van der Waals surface area (Å²) in [6.45, 7) is 3.91. The van der Waals surface area contributed by atoms with Crippen LogP contribution in [0.1, 0.15) is 30.1 Å². The summed E-state index contributed by atoms with van der Waals surface area (Å²) in [5.41, 5.74) is 1.00. The summed E-state index contributed by atoms with van der Waals surface area (Å²) in [5.74, 6) is -0.0108. The van der Waals surface area contributed by atoms with E-state index in [9.17, 15) is 21.6 Å². The summed E-state index contributed by atoms with van der Waals surface area (Å²) in [6.07, 6.45) is 2.81. The molecule has 36 heavy (non-hydrogen) atoms. The molecule has 2 aromatic carbocycles. The zero-order valence-electron chi connectivity index (χ0n) is 20.4. The first kappa shape index (κ1) is 26.7. The summed E-state index contributed by atoms with van der Waals surface area (Å²) in [4.78, 5) is 18.0. The van der Waals surface area contributed by atoms with Crippen molar-refractivity contribution in [1.29, 1.82) is 0 Å². The van der Waals surface area contributed by atoms with Gasteiger partial charge in [-0.05, 0) is 61.2 Å². The highest BCUT2D eigenvalue weighted by Gasteiger charge is 2.28. The van der Waals surface area contributed by atoms with Crippen LogP contribution in [0.25, 0.3) is 10.2 Å². The first-order chi connectivity index (χ1) is 17.0. The van der Waals surface area contributed by atoms with E-state index < -0.39 is 25.8 Å². The number of piperidine rings is 1. The SMILES string of the molecule is COCCn1c(=NC(=O)c2ccc(S(=O)(=O)N3CCC(C)CC3)cc2)sc2cc(S(C)(=O)=O)ccc21. The molecule has 0 radical (unpaired) electrons. The Morgan fingerprint density at radius 3 is 2.31 bits per heavy atom. The maximum atomic E-state index is 13.0. The minimum Gasteiger partial charge on any atom is -0.383 e. The largest absolute Gasteiger partial charge is 0.383 e. The average Bonchev–Trinajstić information content (AvgIpc) is 3.18. The summed E-state index contributed by atoms with van der Waals surface area (Å²) in [5, 5.41) is 0. The van der Waals surface area contributed by atoms with Crippen molar-refractivity contribution in [3.63, 3.8) is 0 Å². The number of sulfonamides is 1. The molecule has 1 aliphatic rings. The number of thiazole rings is 1. The van der Waals surface area contributed by atoms with Crippen molar-refractivity contribution in [2.45, 2.75) is 36.1 Å². The molecule has 0 bridgehead atoms. The van der Waals surface area contributed by atoms with Crippen LogP contribution < -0.4 is 4.80 Å². The molecule has 0 saturated carbocycles. The predicted octanol–water partition coefficient (Wildman–Crippen LogP) is 2.91. The molecule has 194 valence electrons. The van der Waals surface area contributed by atoms with E-state index in [1.54, 1.807) is 19.2 Å². The van der Waals surface area contributed by atoms with Crippen molar-refractivity contribution in [2.24, 2.45) is 10.9 Å². The van der Waals surface area contributed by atoms with Crippen LogP contribution in [0.15, 0.2) is 57.2 Å². The van der Waals surface area contributed by atoms with E-state index in [0.29, 0.717) is 41.7 Å². The Balaban J connectivity index is 1.66. The zero-order chi connectivity index (χ0) is 26.1. The number of hydrogen-bond acceptors (Lipinski definition) is 7. The Bertz CT molecular complexity index is 1550. The Morgan fingerprint density at radius 2 is 1.69 bits per heavy atom. The van der Waals surface area contributed by atoms with E-state index in [4.69, 9.17) is 4.74 Å². The number of aromatic nitrogens is 1. The van der Waals surface area contributed by atoms with E-state index in [0.717, 1.165) is 24.6 Å². The van der Waals surface area contributed by atoms with E-state index in [1.807, 2.05) is 4.57 Å². The van der Waals surface area contributed by atoms with Gasteiger partial charge in [-0.1, -0.05) is 18.3 Å². The summed E-state index contributed by atoms with van der Waals surface area (Å²) in [6, 6.07) is 10.6. The van der Waals surface area contributed by atoms with Gasteiger partial charge in [-0.2, -0.15) is 9.30 Å². The molecular formula is C24H29N3O6S3. The number of nitrogens with zero attached hydrogens (tertiary/aromatic N) is 3. The Hall–Kier alpha value is -2.38. The van der Waals surface area contributed by atoms with Gasteiger partial charge in [0, 0.05) is 38.6 Å². The fraction of sp³-hybridized carbons (Fsp3) is 0.417. The molecule has 1 aromatic heterocycles. The third kappa shape index (κ3) is 5.62. The predicted molar refractivity (Wildman–Crippen MR) is 138 cm³/mol. The molecule has 1 saturated heterocycles. The molecule has 4 rings (SSSR count). The molecular weight excluding hydrogens is 522 g/mol. The summed E-state index contributed by atoms with van der Waals surface area (Å²) in [7, 11) is -5.43. The second kappa shape index (κ2) is 10.5. The lowest BCUT2D eigenvalue weighted by molar-refractivity contribution is 0.0997. The van der Waals surface area contributed by atoms with Crippen LogP contribution in [0.3, 0.4) is 0 Å². The van der Waals surface area contributed by atoms with Crippen molar-refractivity contribution in [1.82, 2.24) is 8.87 Å². The molecule has 1 amide bonds. The highest BCUT2D eigenvalue weighted by molar-refractivity contribution is 7.90. The van der Waals surface area contributed by atoms with Crippen LogP contribution >= 0.6 is 11.3 Å². The molecule has 2 heterocycles. The number of sulfone groups is 1. The van der Waals surface area contributed by atoms with Gasteiger partial charge >= 0.3 is 0 Å². The Kier molecular flexibility index (Phi) is 7.81. The van der Waals surface area contributed by atoms with Gasteiger partial charge in [-0.15, -0.1) is 0 Å². The highest BCUT2D eigenvalue weighted by atomic mass is 32.2. The average molecular weight is 552 g/mol. The lowest BCUT2D eigenvalue weighted by Gasteiger charge is -2.29. The van der Waals surface area contributed by atoms with E-state index in [1.165, 1.54) is 46.0 Å². The van der Waals surface area contributed by atoms with Crippen LogP contribution in [-0.2, 0) is 31.1 Å². The van der Waals surface area contributed by atoms with Gasteiger partial charge in [0.2, 0.25) is 10.0 Å². The van der Waals surface area contributed by atoms with Gasteiger partial charge in [-0.25, -0.2) is 16.8 Å². The van der Waals surface area contributed by atoms with Gasteiger partial charge in [0.15, 0.2) is 14.6 Å². The molecule has 0 spiro atoms. The molecule has 12 heteroatoms. The Labute approximate surface area is 215 Å². The molecule has 0 unspecified atom stereocenters. The molecule has 0 aliphatic carbocycles. The normalized spacial score (nSPS) is 16.6. The number of carbonyl (C=O) groups is 1. The first-order valence-electron chi connectivity index (χ1n) is 11.5. The number of carbonyl (C=O) groups excluding carboxylic acids is 1. The van der Waals surface area contributed by atoms with Crippen molar-refractivity contribution >= 4 is 47.3 Å². The second-order valence-corrected chi connectivity index (χ2v) is 13.9. The number of methoxy groups -OCH3 is 1. The van der Waals surface area contributed by atoms with Crippen molar-refractivity contribution < 1.29 is 26.4 Å². The molecule has 1 fully saturated rings. The number of benzene rings is 2. The molecule has 1 aliphatic heterocycles. The zero-order valence-corrected chi connectivity index (χ0v) is 22.8. The monoisotopic (exact) mass is 551 g/mol. The third-order valence-corrected chi connectivity index (χ3v) is 10.3. The topological polar surface area (TPSA) is 115 Å². The lowest BCUT2D eigenvalue weighted by Crippen LogP contribution is -2.37. The van der Waals surface area contributed by atoms with Crippen LogP contribution in [0, 0.1) is 5.92 Å². The fourth-order valence-corrected chi connectivity index (χ4v) is 7.35. The lowest BCUT2D eigenvalue weighted by atomic mass is 10.0. The van der Waals surface area contributed by atoms with Crippen LogP contribution in [0.4, 0.5) is 0 Å². The molecule has 3 aromatic rings. The van der Waals surface area contributed by atoms with Gasteiger partial charge < -0.3 is 9.30 Å². The second-order valence-electron chi connectivity index (χ2n) is 8.96. The molecule has 9 nitrogen and oxygen atoms in total. The van der Waals surface area contributed by atoms with Gasteiger partial charge in [0.25, 0.3) is 5.91 Å². The maximum absolute atomic E-state index is 13.0. The quantitative estimate of drug-likeness (QED) is 0.446. The minimum atomic E-state index is -3.61. The third-order valence-electron chi connectivity index (χ3n) is 6.28. The standard InChI is InChI=1S/C24H29N3O6S3/c1-17-10-12-26(13-11-17)36(31,32)19-6-4-18(5-7-19)23(28)25-24-27(14-15-33-2)21-9-8-20(35(3,29)30)16-22(21)34-24/h4-9,16-17H,10-15H2,1-3H3. The van der Waals surface area contributed by atoms with Crippen molar-refractivity contribution in [2.75, 3.05) is 33.1 Å². The molecule has 0 N–H and O–H groups in total. The maximum Gasteiger partial charge on any atom is 0.279 e. The van der Waals surface area contributed by atoms with Gasteiger partial charge in [-0.3, -0.25) is 4.79 Å². The van der Waals surface area contributed by atoms with Gasteiger partial charge in [0.05, 0.1) is 26.6 Å². The van der Waals surface area contributed by atoms with Crippen LogP contribution in [0.2, 0.25) is 0 Å². The number of ether oxygens (including phenoxy) is 1.